The third-order valence-corrected chi connectivity index (χ3v) is 7.29. The Morgan fingerprint density at radius 1 is 1.21 bits per heavy atom. The van der Waals surface area contributed by atoms with Gasteiger partial charge in [-0.15, -0.1) is 0 Å². The molecule has 0 radical (unpaired) electrons. The standard InChI is InChI=1S/C17H15ClF2O3S/c1-2-17(24(21,22)12-5-3-4-11(18)10-12)8-9-23-16-14(20)7-6-13(19)15(16)17/h3-7,10H,2,8-9H2,1H3. The Hall–Kier alpha value is -1.66. The van der Waals surface area contributed by atoms with Crippen LogP contribution in [0.2, 0.25) is 5.02 Å². The van der Waals surface area contributed by atoms with Crippen LogP contribution in [0, 0.1) is 11.6 Å². The lowest BCUT2D eigenvalue weighted by molar-refractivity contribution is 0.230. The highest BCUT2D eigenvalue weighted by Gasteiger charge is 2.50. The summed E-state index contributed by atoms with van der Waals surface area (Å²) in [4.78, 5) is -0.0200. The lowest BCUT2D eigenvalue weighted by Crippen LogP contribution is -2.41. The summed E-state index contributed by atoms with van der Waals surface area (Å²) < 4.78 is 58.9. The van der Waals surface area contributed by atoms with E-state index in [-0.39, 0.29) is 40.7 Å². The van der Waals surface area contributed by atoms with Crippen LogP contribution in [-0.2, 0) is 14.6 Å². The number of ether oxygens (including phenoxy) is 1. The van der Waals surface area contributed by atoms with Crippen LogP contribution in [-0.4, -0.2) is 15.0 Å². The van der Waals surface area contributed by atoms with Crippen LogP contribution >= 0.6 is 11.6 Å². The van der Waals surface area contributed by atoms with E-state index in [0.29, 0.717) is 0 Å². The molecule has 0 N–H and O–H groups in total. The molecule has 1 aliphatic rings. The SMILES string of the molecule is CCC1(S(=O)(=O)c2cccc(Cl)c2)CCOc2c(F)ccc(F)c21. The number of benzene rings is 2. The average molecular weight is 373 g/mol. The van der Waals surface area contributed by atoms with Crippen molar-refractivity contribution in [3.05, 3.63) is 58.6 Å². The van der Waals surface area contributed by atoms with Crippen molar-refractivity contribution >= 4 is 21.4 Å². The Morgan fingerprint density at radius 3 is 2.58 bits per heavy atom. The number of fused-ring (bicyclic) bond motifs is 1. The van der Waals surface area contributed by atoms with Gasteiger partial charge in [-0.05, 0) is 36.8 Å². The fourth-order valence-electron chi connectivity index (χ4n) is 3.21. The molecular weight excluding hydrogens is 358 g/mol. The molecule has 1 heterocycles. The Morgan fingerprint density at radius 2 is 1.92 bits per heavy atom. The molecule has 0 saturated heterocycles. The predicted octanol–water partition coefficient (Wildman–Crippen LogP) is 4.48. The minimum atomic E-state index is -4.02. The van der Waals surface area contributed by atoms with E-state index >= 15 is 0 Å². The normalized spacial score (nSPS) is 20.3. The first-order valence-corrected chi connectivity index (χ1v) is 9.31. The van der Waals surface area contributed by atoms with Gasteiger partial charge in [-0.1, -0.05) is 24.6 Å². The van der Waals surface area contributed by atoms with Crippen molar-refractivity contribution < 1.29 is 21.9 Å². The maximum Gasteiger partial charge on any atom is 0.188 e. The molecule has 1 unspecified atom stereocenters. The highest BCUT2D eigenvalue weighted by atomic mass is 35.5. The molecule has 24 heavy (non-hydrogen) atoms. The maximum absolute atomic E-state index is 14.5. The maximum atomic E-state index is 14.5. The number of hydrogen-bond acceptors (Lipinski definition) is 3. The first-order valence-electron chi connectivity index (χ1n) is 7.45. The van der Waals surface area contributed by atoms with Gasteiger partial charge in [-0.3, -0.25) is 0 Å². The van der Waals surface area contributed by atoms with Gasteiger partial charge in [-0.2, -0.15) is 0 Å². The van der Waals surface area contributed by atoms with Gasteiger partial charge >= 0.3 is 0 Å². The highest BCUT2D eigenvalue weighted by Crippen LogP contribution is 2.49. The van der Waals surface area contributed by atoms with Gasteiger partial charge in [-0.25, -0.2) is 17.2 Å². The minimum absolute atomic E-state index is 0.0129. The predicted molar refractivity (Wildman–Crippen MR) is 87.1 cm³/mol. The van der Waals surface area contributed by atoms with Gasteiger partial charge in [0.25, 0.3) is 0 Å². The summed E-state index contributed by atoms with van der Waals surface area (Å²) in [6.07, 6.45) is 0.115. The van der Waals surface area contributed by atoms with E-state index in [9.17, 15) is 17.2 Å². The first-order chi connectivity index (χ1) is 11.3. The zero-order valence-corrected chi connectivity index (χ0v) is 14.4. The fourth-order valence-corrected chi connectivity index (χ4v) is 5.65. The number of sulfone groups is 1. The van der Waals surface area contributed by atoms with Crippen molar-refractivity contribution in [2.75, 3.05) is 6.61 Å². The van der Waals surface area contributed by atoms with E-state index in [1.165, 1.54) is 18.2 Å². The molecule has 2 aromatic rings. The largest absolute Gasteiger partial charge is 0.490 e. The summed E-state index contributed by atoms with van der Waals surface area (Å²) in [6.45, 7) is 1.63. The van der Waals surface area contributed by atoms with Crippen LogP contribution in [0.4, 0.5) is 8.78 Å². The minimum Gasteiger partial charge on any atom is -0.490 e. The monoisotopic (exact) mass is 372 g/mol. The summed E-state index contributed by atoms with van der Waals surface area (Å²) in [5.74, 6) is -1.89. The molecule has 0 spiro atoms. The van der Waals surface area contributed by atoms with Gasteiger partial charge in [0.05, 0.1) is 17.1 Å². The molecule has 0 aromatic heterocycles. The van der Waals surface area contributed by atoms with Crippen molar-refractivity contribution in [3.63, 3.8) is 0 Å². The van der Waals surface area contributed by atoms with Crippen molar-refractivity contribution in [2.45, 2.75) is 29.4 Å². The lowest BCUT2D eigenvalue weighted by Gasteiger charge is -2.37. The number of rotatable bonds is 3. The Kier molecular flexibility index (Phi) is 4.30. The van der Waals surface area contributed by atoms with E-state index in [1.54, 1.807) is 13.0 Å². The van der Waals surface area contributed by atoms with Gasteiger partial charge in [0.1, 0.15) is 10.6 Å². The molecule has 3 nitrogen and oxygen atoms in total. The number of hydrogen-bond donors (Lipinski definition) is 0. The summed E-state index contributed by atoms with van der Waals surface area (Å²) in [5, 5.41) is 0.259. The Bertz CT molecular complexity index is 899. The van der Waals surface area contributed by atoms with Gasteiger partial charge in [0, 0.05) is 11.4 Å². The quantitative estimate of drug-likeness (QED) is 0.797. The van der Waals surface area contributed by atoms with Gasteiger partial charge in [0.2, 0.25) is 0 Å². The van der Waals surface area contributed by atoms with Crippen molar-refractivity contribution in [1.29, 1.82) is 0 Å². The van der Waals surface area contributed by atoms with E-state index in [4.69, 9.17) is 16.3 Å². The molecule has 0 saturated carbocycles. The van der Waals surface area contributed by atoms with Crippen molar-refractivity contribution in [1.82, 2.24) is 0 Å². The molecule has 1 aliphatic heterocycles. The second kappa shape index (κ2) is 6.01. The van der Waals surface area contributed by atoms with Gasteiger partial charge in [0.15, 0.2) is 21.4 Å². The van der Waals surface area contributed by atoms with E-state index in [0.717, 1.165) is 12.1 Å². The molecule has 1 atom stereocenters. The summed E-state index contributed by atoms with van der Waals surface area (Å²) in [5.41, 5.74) is -0.240. The second-order valence-electron chi connectivity index (χ2n) is 5.64. The molecule has 3 rings (SSSR count). The average Bonchev–Trinajstić information content (AvgIpc) is 2.57. The third-order valence-electron chi connectivity index (χ3n) is 4.46. The van der Waals surface area contributed by atoms with Crippen LogP contribution in [0.1, 0.15) is 25.3 Å². The zero-order valence-electron chi connectivity index (χ0n) is 12.9. The lowest BCUT2D eigenvalue weighted by atomic mass is 9.89. The van der Waals surface area contributed by atoms with E-state index in [1.807, 2.05) is 0 Å². The molecule has 0 bridgehead atoms. The zero-order chi connectivity index (χ0) is 17.5. The Balaban J connectivity index is 2.32. The topological polar surface area (TPSA) is 43.4 Å². The molecule has 0 aliphatic carbocycles. The molecular formula is C17H15ClF2O3S. The second-order valence-corrected chi connectivity index (χ2v) is 8.34. The highest BCUT2D eigenvalue weighted by molar-refractivity contribution is 7.92. The van der Waals surface area contributed by atoms with E-state index < -0.39 is 26.2 Å². The van der Waals surface area contributed by atoms with Crippen LogP contribution in [0.15, 0.2) is 41.3 Å². The first kappa shape index (κ1) is 17.2. The van der Waals surface area contributed by atoms with Crippen LogP contribution in [0.5, 0.6) is 5.75 Å². The molecule has 128 valence electrons. The number of halogens is 3. The van der Waals surface area contributed by atoms with Crippen LogP contribution in [0.3, 0.4) is 0 Å². The van der Waals surface area contributed by atoms with Crippen molar-refractivity contribution in [3.8, 4) is 5.75 Å². The molecule has 7 heteroatoms. The summed E-state index contributed by atoms with van der Waals surface area (Å²) >= 11 is 5.91. The van der Waals surface area contributed by atoms with E-state index in [2.05, 4.69) is 0 Å². The van der Waals surface area contributed by atoms with Crippen LogP contribution < -0.4 is 4.74 Å². The third kappa shape index (κ3) is 2.40. The fraction of sp³-hybridized carbons (Fsp3) is 0.294. The smallest absolute Gasteiger partial charge is 0.188 e. The van der Waals surface area contributed by atoms with Crippen LogP contribution in [0.25, 0.3) is 0 Å². The molecule has 2 aromatic carbocycles. The summed E-state index contributed by atoms with van der Waals surface area (Å²) in [7, 11) is -4.02. The van der Waals surface area contributed by atoms with Gasteiger partial charge < -0.3 is 4.74 Å². The van der Waals surface area contributed by atoms with Crippen molar-refractivity contribution in [2.24, 2.45) is 0 Å². The Labute approximate surface area is 144 Å². The molecule has 0 amide bonds. The molecule has 0 fully saturated rings. The summed E-state index contributed by atoms with van der Waals surface area (Å²) in [6, 6.07) is 7.66.